The first kappa shape index (κ1) is 21.7. The third-order valence-electron chi connectivity index (χ3n) is 3.73. The van der Waals surface area contributed by atoms with Crippen LogP contribution in [0.5, 0.6) is 0 Å². The Labute approximate surface area is 170 Å². The first-order chi connectivity index (χ1) is 13.4. The van der Waals surface area contributed by atoms with Gasteiger partial charge in [-0.3, -0.25) is 14.9 Å². The number of thiazole rings is 1. The number of non-ortho nitro benzene ring substituents is 1. The number of hydrogen-bond donors (Lipinski definition) is 0. The molecule has 0 atom stereocenters. The molecule has 1 aromatic heterocycles. The molecule has 0 bridgehead atoms. The van der Waals surface area contributed by atoms with Crippen molar-refractivity contribution >= 4 is 40.5 Å². The van der Waals surface area contributed by atoms with Gasteiger partial charge in [0.2, 0.25) is 0 Å². The number of amides is 1. The van der Waals surface area contributed by atoms with Crippen molar-refractivity contribution in [3.8, 4) is 0 Å². The van der Waals surface area contributed by atoms with Crippen molar-refractivity contribution in [3.63, 3.8) is 0 Å². The number of esters is 1. The van der Waals surface area contributed by atoms with Crippen LogP contribution in [0.25, 0.3) is 0 Å². The van der Waals surface area contributed by atoms with Crippen LogP contribution in [0.15, 0.2) is 23.6 Å². The Morgan fingerprint density at radius 2 is 2.11 bits per heavy atom. The average Bonchev–Trinajstić information content (AvgIpc) is 3.14. The molecular weight excluding hydrogens is 410 g/mol. The second-order valence-corrected chi connectivity index (χ2v) is 6.96. The molecule has 11 heteroatoms. The van der Waals surface area contributed by atoms with Crippen molar-refractivity contribution in [3.05, 3.63) is 55.0 Å². The molecule has 0 fully saturated rings. The number of methoxy groups -OCH3 is 2. The topological polar surface area (TPSA) is 112 Å². The van der Waals surface area contributed by atoms with Crippen LogP contribution >= 0.6 is 22.9 Å². The lowest BCUT2D eigenvalue weighted by Crippen LogP contribution is -2.32. The summed E-state index contributed by atoms with van der Waals surface area (Å²) in [5.74, 6) is -0.955. The van der Waals surface area contributed by atoms with Crippen LogP contribution in [-0.4, -0.2) is 54.1 Å². The molecule has 150 valence electrons. The Hall–Kier alpha value is -2.56. The fourth-order valence-corrected chi connectivity index (χ4v) is 3.39. The first-order valence-electron chi connectivity index (χ1n) is 8.12. The fourth-order valence-electron chi connectivity index (χ4n) is 2.36. The molecule has 0 spiro atoms. The third kappa shape index (κ3) is 5.47. The quantitative estimate of drug-likeness (QED) is 0.261. The molecule has 0 aliphatic rings. The zero-order valence-corrected chi connectivity index (χ0v) is 16.8. The standard InChI is InChI=1S/C17H18ClN3O6S/c1-26-7-3-6-20(9-15-19-14(10-28-15)17(23)27-2)16(22)12-5-4-11(21(24)25)8-13(12)18/h4-5,8,10H,3,6-7,9H2,1-2H3. The largest absolute Gasteiger partial charge is 0.464 e. The molecule has 0 aliphatic heterocycles. The third-order valence-corrected chi connectivity index (χ3v) is 4.88. The van der Waals surface area contributed by atoms with Gasteiger partial charge in [0.15, 0.2) is 5.69 Å². The molecule has 1 aromatic carbocycles. The van der Waals surface area contributed by atoms with Crippen LogP contribution in [0, 0.1) is 10.1 Å². The molecule has 9 nitrogen and oxygen atoms in total. The van der Waals surface area contributed by atoms with Gasteiger partial charge in [0, 0.05) is 37.8 Å². The highest BCUT2D eigenvalue weighted by Crippen LogP contribution is 2.25. The Kier molecular flexibility index (Phi) is 7.85. The monoisotopic (exact) mass is 427 g/mol. The number of nitro groups is 1. The van der Waals surface area contributed by atoms with Crippen molar-refractivity contribution < 1.29 is 24.0 Å². The van der Waals surface area contributed by atoms with E-state index in [1.165, 1.54) is 35.5 Å². The van der Waals surface area contributed by atoms with Gasteiger partial charge in [-0.05, 0) is 12.5 Å². The van der Waals surface area contributed by atoms with Crippen LogP contribution in [0.1, 0.15) is 32.3 Å². The maximum absolute atomic E-state index is 13.0. The van der Waals surface area contributed by atoms with E-state index in [2.05, 4.69) is 9.72 Å². The maximum Gasteiger partial charge on any atom is 0.357 e. The molecule has 0 saturated heterocycles. The van der Waals surface area contributed by atoms with E-state index in [-0.39, 0.29) is 28.5 Å². The predicted molar refractivity (Wildman–Crippen MR) is 103 cm³/mol. The van der Waals surface area contributed by atoms with Gasteiger partial charge in [-0.25, -0.2) is 9.78 Å². The molecule has 0 saturated carbocycles. The predicted octanol–water partition coefficient (Wildman–Crippen LogP) is 3.17. The van der Waals surface area contributed by atoms with E-state index in [4.69, 9.17) is 16.3 Å². The number of aromatic nitrogens is 1. The van der Waals surface area contributed by atoms with E-state index >= 15 is 0 Å². The summed E-state index contributed by atoms with van der Waals surface area (Å²) in [5, 5.41) is 12.9. The Morgan fingerprint density at radius 1 is 1.36 bits per heavy atom. The smallest absolute Gasteiger partial charge is 0.357 e. The van der Waals surface area contributed by atoms with E-state index in [1.54, 1.807) is 12.5 Å². The molecule has 2 rings (SSSR count). The molecule has 1 amide bonds. The second-order valence-electron chi connectivity index (χ2n) is 5.61. The lowest BCUT2D eigenvalue weighted by molar-refractivity contribution is -0.384. The molecule has 0 unspecified atom stereocenters. The average molecular weight is 428 g/mol. The van der Waals surface area contributed by atoms with E-state index in [0.717, 1.165) is 6.07 Å². The van der Waals surface area contributed by atoms with Gasteiger partial charge in [0.1, 0.15) is 5.01 Å². The molecular formula is C17H18ClN3O6S. The second kappa shape index (κ2) is 10.1. The van der Waals surface area contributed by atoms with E-state index in [0.29, 0.717) is 24.6 Å². The van der Waals surface area contributed by atoms with Gasteiger partial charge in [0.05, 0.1) is 29.2 Å². The van der Waals surface area contributed by atoms with Gasteiger partial charge < -0.3 is 14.4 Å². The van der Waals surface area contributed by atoms with Gasteiger partial charge in [-0.1, -0.05) is 11.6 Å². The highest BCUT2D eigenvalue weighted by atomic mass is 35.5. The van der Waals surface area contributed by atoms with Crippen LogP contribution < -0.4 is 0 Å². The minimum Gasteiger partial charge on any atom is -0.464 e. The lowest BCUT2D eigenvalue weighted by atomic mass is 10.1. The SMILES string of the molecule is COCCCN(Cc1nc(C(=O)OC)cs1)C(=O)c1ccc([N+](=O)[O-])cc1Cl. The zero-order valence-electron chi connectivity index (χ0n) is 15.2. The number of nitrogens with zero attached hydrogens (tertiary/aromatic N) is 3. The molecule has 0 N–H and O–H groups in total. The number of nitro benzene ring substituents is 1. The van der Waals surface area contributed by atoms with Crippen molar-refractivity contribution in [1.29, 1.82) is 0 Å². The first-order valence-corrected chi connectivity index (χ1v) is 9.38. The van der Waals surface area contributed by atoms with Gasteiger partial charge >= 0.3 is 5.97 Å². The molecule has 28 heavy (non-hydrogen) atoms. The van der Waals surface area contributed by atoms with Crippen LogP contribution in [0.3, 0.4) is 0 Å². The Balaban J connectivity index is 2.24. The van der Waals surface area contributed by atoms with E-state index in [1.807, 2.05) is 0 Å². The van der Waals surface area contributed by atoms with Crippen LogP contribution in [0.2, 0.25) is 5.02 Å². The number of benzene rings is 1. The van der Waals surface area contributed by atoms with Crippen molar-refractivity contribution in [1.82, 2.24) is 9.88 Å². The number of halogens is 1. The van der Waals surface area contributed by atoms with Crippen molar-refractivity contribution in [2.45, 2.75) is 13.0 Å². The minimum absolute atomic E-state index is 0.00895. The molecule has 1 heterocycles. The summed E-state index contributed by atoms with van der Waals surface area (Å²) in [6.45, 7) is 0.952. The highest BCUT2D eigenvalue weighted by molar-refractivity contribution is 7.09. The number of hydrogen-bond acceptors (Lipinski definition) is 8. The Bertz CT molecular complexity index is 872. The summed E-state index contributed by atoms with van der Waals surface area (Å²) in [5.41, 5.74) is 0.115. The number of carbonyl (C=O) groups is 2. The summed E-state index contributed by atoms with van der Waals surface area (Å²) < 4.78 is 9.66. The summed E-state index contributed by atoms with van der Waals surface area (Å²) in [6, 6.07) is 3.69. The van der Waals surface area contributed by atoms with E-state index in [9.17, 15) is 19.7 Å². The van der Waals surface area contributed by atoms with Crippen LogP contribution in [0.4, 0.5) is 5.69 Å². The summed E-state index contributed by atoms with van der Waals surface area (Å²) >= 11 is 7.31. The summed E-state index contributed by atoms with van der Waals surface area (Å²) in [6.07, 6.45) is 0.572. The fraction of sp³-hybridized carbons (Fsp3) is 0.353. The molecule has 0 radical (unpaired) electrons. The minimum atomic E-state index is -0.583. The van der Waals surface area contributed by atoms with Crippen LogP contribution in [-0.2, 0) is 16.0 Å². The summed E-state index contributed by atoms with van der Waals surface area (Å²) in [4.78, 5) is 40.5. The van der Waals surface area contributed by atoms with Gasteiger partial charge in [-0.15, -0.1) is 11.3 Å². The van der Waals surface area contributed by atoms with Crippen molar-refractivity contribution in [2.24, 2.45) is 0 Å². The zero-order chi connectivity index (χ0) is 20.7. The van der Waals surface area contributed by atoms with E-state index < -0.39 is 16.8 Å². The molecule has 2 aromatic rings. The number of ether oxygens (including phenoxy) is 2. The lowest BCUT2D eigenvalue weighted by Gasteiger charge is -2.22. The summed E-state index contributed by atoms with van der Waals surface area (Å²) in [7, 11) is 2.82. The number of rotatable bonds is 9. The van der Waals surface area contributed by atoms with Gasteiger partial charge in [0.25, 0.3) is 11.6 Å². The Morgan fingerprint density at radius 3 is 2.71 bits per heavy atom. The van der Waals surface area contributed by atoms with Crippen molar-refractivity contribution in [2.75, 3.05) is 27.4 Å². The number of carbonyl (C=O) groups excluding carboxylic acids is 2. The normalized spacial score (nSPS) is 10.5. The molecule has 0 aliphatic carbocycles. The van der Waals surface area contributed by atoms with Gasteiger partial charge in [-0.2, -0.15) is 0 Å². The highest BCUT2D eigenvalue weighted by Gasteiger charge is 2.22. The maximum atomic E-state index is 13.0.